The highest BCUT2D eigenvalue weighted by atomic mass is 16.2. The number of nitrogens with zero attached hydrogens (tertiary/aromatic N) is 6. The summed E-state index contributed by atoms with van der Waals surface area (Å²) in [6, 6.07) is 0.578. The van der Waals surface area contributed by atoms with Gasteiger partial charge in [-0.2, -0.15) is 5.10 Å². The molecular weight excluding hydrogens is 316 g/mol. The zero-order chi connectivity index (χ0) is 17.0. The van der Waals surface area contributed by atoms with E-state index in [-0.39, 0.29) is 11.3 Å². The molecule has 1 spiro atoms. The Morgan fingerprint density at radius 1 is 1.36 bits per heavy atom. The molecule has 1 amide bonds. The van der Waals surface area contributed by atoms with Crippen molar-refractivity contribution in [2.45, 2.75) is 57.5 Å². The minimum atomic E-state index is 0.103. The van der Waals surface area contributed by atoms with E-state index in [1.165, 1.54) is 32.1 Å². The molecule has 2 saturated carbocycles. The van der Waals surface area contributed by atoms with Gasteiger partial charge >= 0.3 is 0 Å². The minimum Gasteiger partial charge on any atom is -0.337 e. The van der Waals surface area contributed by atoms with E-state index in [9.17, 15) is 4.79 Å². The summed E-state index contributed by atoms with van der Waals surface area (Å²) in [5, 5.41) is 12.9. The molecule has 2 aliphatic carbocycles. The predicted molar refractivity (Wildman–Crippen MR) is 91.1 cm³/mol. The Balaban J connectivity index is 1.43. The molecule has 0 aromatic carbocycles. The first kappa shape index (κ1) is 15.1. The molecule has 7 heteroatoms. The Hall–Kier alpha value is -2.18. The highest BCUT2D eigenvalue weighted by Crippen LogP contribution is 2.56. The molecule has 3 heterocycles. The third kappa shape index (κ3) is 2.32. The summed E-state index contributed by atoms with van der Waals surface area (Å²) >= 11 is 0. The fourth-order valence-corrected chi connectivity index (χ4v) is 4.58. The van der Waals surface area contributed by atoms with Crippen LogP contribution in [0.2, 0.25) is 0 Å². The van der Waals surface area contributed by atoms with Gasteiger partial charge in [0, 0.05) is 37.8 Å². The van der Waals surface area contributed by atoms with Crippen LogP contribution in [0.1, 0.15) is 67.2 Å². The number of aromatic nitrogens is 5. The largest absolute Gasteiger partial charge is 0.337 e. The summed E-state index contributed by atoms with van der Waals surface area (Å²) in [7, 11) is 0. The van der Waals surface area contributed by atoms with Crippen LogP contribution in [0.4, 0.5) is 0 Å². The fraction of sp³-hybridized carbons (Fsp3) is 0.667. The quantitative estimate of drug-likeness (QED) is 0.856. The molecule has 2 aromatic rings. The van der Waals surface area contributed by atoms with Gasteiger partial charge in [-0.3, -0.25) is 9.48 Å². The summed E-state index contributed by atoms with van der Waals surface area (Å²) in [6.07, 6.45) is 11.5. The lowest BCUT2D eigenvalue weighted by molar-refractivity contribution is 0.0723. The number of carbonyl (C=O) groups excluding carboxylic acids is 1. The molecule has 5 rings (SSSR count). The van der Waals surface area contributed by atoms with Crippen molar-refractivity contribution in [3.63, 3.8) is 0 Å². The van der Waals surface area contributed by atoms with Gasteiger partial charge in [0.25, 0.3) is 5.91 Å². The van der Waals surface area contributed by atoms with Crippen molar-refractivity contribution in [1.82, 2.24) is 29.4 Å². The Morgan fingerprint density at radius 2 is 2.20 bits per heavy atom. The van der Waals surface area contributed by atoms with E-state index >= 15 is 0 Å². The second kappa shape index (κ2) is 5.41. The predicted octanol–water partition coefficient (Wildman–Crippen LogP) is 2.24. The first-order valence-electron chi connectivity index (χ1n) is 9.41. The normalized spacial score (nSPS) is 24.7. The number of likely N-dealkylation sites (tertiary alicyclic amines) is 1. The number of hydrogen-bond acceptors (Lipinski definition) is 4. The molecule has 0 N–H and O–H groups in total. The highest BCUT2D eigenvalue weighted by molar-refractivity contribution is 5.94. The summed E-state index contributed by atoms with van der Waals surface area (Å²) in [5.41, 5.74) is 0.899. The Kier molecular flexibility index (Phi) is 3.27. The minimum absolute atomic E-state index is 0.103. The van der Waals surface area contributed by atoms with Crippen LogP contribution in [-0.2, 0) is 6.54 Å². The van der Waals surface area contributed by atoms with E-state index < -0.39 is 0 Å². The molecule has 1 atom stereocenters. The summed E-state index contributed by atoms with van der Waals surface area (Å²) in [4.78, 5) is 15.0. The van der Waals surface area contributed by atoms with Crippen LogP contribution < -0.4 is 0 Å². The van der Waals surface area contributed by atoms with E-state index in [4.69, 9.17) is 0 Å². The number of hydrogen-bond donors (Lipinski definition) is 0. The van der Waals surface area contributed by atoms with E-state index in [0.717, 1.165) is 25.5 Å². The Bertz CT molecular complexity index is 800. The van der Waals surface area contributed by atoms with Gasteiger partial charge < -0.3 is 9.47 Å². The second-order valence-corrected chi connectivity index (χ2v) is 7.87. The topological polar surface area (TPSA) is 68.8 Å². The SMILES string of the molecule is CCn1cc(C(=O)N2CC(c3nncn3C3CC3)C3(CCC3)C2)cn1. The third-order valence-electron chi connectivity index (χ3n) is 6.34. The maximum atomic E-state index is 13.0. The number of carbonyl (C=O) groups is 1. The van der Waals surface area contributed by atoms with E-state index in [0.29, 0.717) is 17.5 Å². The van der Waals surface area contributed by atoms with Crippen LogP contribution in [0.15, 0.2) is 18.7 Å². The fourth-order valence-electron chi connectivity index (χ4n) is 4.58. The molecule has 7 nitrogen and oxygen atoms in total. The lowest BCUT2D eigenvalue weighted by Crippen LogP contribution is -2.38. The molecule has 3 aliphatic rings. The van der Waals surface area contributed by atoms with Gasteiger partial charge in [-0.15, -0.1) is 10.2 Å². The lowest BCUT2D eigenvalue weighted by atomic mass is 9.62. The molecule has 0 radical (unpaired) electrons. The number of amides is 1. The second-order valence-electron chi connectivity index (χ2n) is 7.87. The van der Waals surface area contributed by atoms with Gasteiger partial charge in [-0.25, -0.2) is 0 Å². The van der Waals surface area contributed by atoms with E-state index in [1.807, 2.05) is 29.0 Å². The van der Waals surface area contributed by atoms with Crippen molar-refractivity contribution in [3.05, 3.63) is 30.1 Å². The number of rotatable bonds is 4. The lowest BCUT2D eigenvalue weighted by Gasteiger charge is -2.42. The Labute approximate surface area is 147 Å². The Morgan fingerprint density at radius 3 is 2.84 bits per heavy atom. The van der Waals surface area contributed by atoms with Crippen molar-refractivity contribution in [2.24, 2.45) is 5.41 Å². The van der Waals surface area contributed by atoms with Gasteiger partial charge in [0.15, 0.2) is 0 Å². The standard InChI is InChI=1S/C18H24N6O/c1-2-23-9-13(8-20-23)17(25)22-10-15(18(11-22)6-3-7-18)16-21-19-12-24(16)14-4-5-14/h8-9,12,14-15H,2-7,10-11H2,1H3. The van der Waals surface area contributed by atoms with Gasteiger partial charge in [0.1, 0.15) is 12.2 Å². The summed E-state index contributed by atoms with van der Waals surface area (Å²) in [6.45, 7) is 4.40. The van der Waals surface area contributed by atoms with Crippen LogP contribution >= 0.6 is 0 Å². The summed E-state index contributed by atoms with van der Waals surface area (Å²) < 4.78 is 4.08. The van der Waals surface area contributed by atoms with Gasteiger partial charge in [-0.05, 0) is 38.0 Å². The first-order valence-corrected chi connectivity index (χ1v) is 9.41. The summed E-state index contributed by atoms with van der Waals surface area (Å²) in [5.74, 6) is 1.52. The third-order valence-corrected chi connectivity index (χ3v) is 6.34. The van der Waals surface area contributed by atoms with Crippen molar-refractivity contribution >= 4 is 5.91 Å². The van der Waals surface area contributed by atoms with Gasteiger partial charge in [-0.1, -0.05) is 6.42 Å². The van der Waals surface area contributed by atoms with Crippen LogP contribution in [0.5, 0.6) is 0 Å². The molecule has 132 valence electrons. The monoisotopic (exact) mass is 340 g/mol. The maximum absolute atomic E-state index is 13.0. The van der Waals surface area contributed by atoms with E-state index in [2.05, 4.69) is 19.9 Å². The zero-order valence-corrected chi connectivity index (χ0v) is 14.6. The van der Waals surface area contributed by atoms with Crippen LogP contribution in [0, 0.1) is 5.41 Å². The molecule has 3 fully saturated rings. The van der Waals surface area contributed by atoms with Crippen molar-refractivity contribution in [2.75, 3.05) is 13.1 Å². The van der Waals surface area contributed by atoms with Crippen molar-refractivity contribution < 1.29 is 4.79 Å². The van der Waals surface area contributed by atoms with Gasteiger partial charge in [0.05, 0.1) is 11.8 Å². The highest BCUT2D eigenvalue weighted by Gasteiger charge is 2.54. The molecule has 25 heavy (non-hydrogen) atoms. The average molecular weight is 340 g/mol. The van der Waals surface area contributed by atoms with Crippen LogP contribution in [-0.4, -0.2) is 48.4 Å². The maximum Gasteiger partial charge on any atom is 0.257 e. The smallest absolute Gasteiger partial charge is 0.257 e. The molecule has 2 aromatic heterocycles. The average Bonchev–Trinajstić information content (AvgIpc) is 3.06. The van der Waals surface area contributed by atoms with Gasteiger partial charge in [0.2, 0.25) is 0 Å². The van der Waals surface area contributed by atoms with Crippen LogP contribution in [0.3, 0.4) is 0 Å². The molecule has 0 bridgehead atoms. The van der Waals surface area contributed by atoms with E-state index in [1.54, 1.807) is 6.20 Å². The van der Waals surface area contributed by atoms with Crippen LogP contribution in [0.25, 0.3) is 0 Å². The van der Waals surface area contributed by atoms with Crippen molar-refractivity contribution in [1.29, 1.82) is 0 Å². The molecule has 1 unspecified atom stereocenters. The van der Waals surface area contributed by atoms with Crippen molar-refractivity contribution in [3.8, 4) is 0 Å². The molecule has 1 saturated heterocycles. The zero-order valence-electron chi connectivity index (χ0n) is 14.6. The molecule has 1 aliphatic heterocycles. The molecular formula is C18H24N6O. The first-order chi connectivity index (χ1) is 12.2. The number of aryl methyl sites for hydroxylation is 1.